The fourth-order valence-electron chi connectivity index (χ4n) is 11.8. The highest BCUT2D eigenvalue weighted by Gasteiger charge is 2.72. The Morgan fingerprint density at radius 2 is 0.692 bits per heavy atom. The summed E-state index contributed by atoms with van der Waals surface area (Å²) >= 11 is 0. The highest BCUT2D eigenvalue weighted by atomic mass is 28.3. The normalized spacial score (nSPS) is 34.3. The van der Waals surface area contributed by atoms with Gasteiger partial charge in [-0.05, 0) is 34.0 Å². The Labute approximate surface area is 251 Å². The third-order valence-electron chi connectivity index (χ3n) is 13.1. The SMILES string of the molecule is CCCCC1C(CC)C(B(CC)CC)C(CCCC)[Si]12C(CCCC)C(CC)C(B(CC)CC)C2CCCC. The molecule has 0 nitrogen and oxygen atoms in total. The van der Waals surface area contributed by atoms with Gasteiger partial charge in [0.05, 0.1) is 8.07 Å². The Hall–Kier alpha value is 0.347. The van der Waals surface area contributed by atoms with Crippen molar-refractivity contribution < 1.29 is 0 Å². The predicted octanol–water partition coefficient (Wildman–Crippen LogP) is 13.6. The summed E-state index contributed by atoms with van der Waals surface area (Å²) in [6.45, 7) is 27.4. The first-order valence-corrected chi connectivity index (χ1v) is 21.3. The molecule has 0 radical (unpaired) electrons. The molecule has 2 saturated heterocycles. The lowest BCUT2D eigenvalue weighted by Crippen LogP contribution is -2.48. The molecule has 1 spiro atoms. The van der Waals surface area contributed by atoms with E-state index in [9.17, 15) is 0 Å². The van der Waals surface area contributed by atoms with E-state index in [1.807, 2.05) is 0 Å². The first-order chi connectivity index (χ1) is 19.0. The summed E-state index contributed by atoms with van der Waals surface area (Å²) in [5, 5.41) is 0. The standard InChI is InChI=1S/C36H74B2Si/c1-11-21-25-31-29(15-5)35(37(17-7)18-8)33(27-23-13-3)39(31)32(26-22-12-2)30(16-6)36(38(19-9)20-10)34(39)28-24-14-4/h29-36H,11-28H2,1-10H3. The lowest BCUT2D eigenvalue weighted by Gasteiger charge is -2.48. The Morgan fingerprint density at radius 1 is 0.410 bits per heavy atom. The molecule has 228 valence electrons. The van der Waals surface area contributed by atoms with Crippen molar-refractivity contribution in [3.63, 3.8) is 0 Å². The monoisotopic (exact) mass is 557 g/mol. The van der Waals surface area contributed by atoms with Crippen molar-refractivity contribution >= 4 is 21.5 Å². The molecule has 0 N–H and O–H groups in total. The minimum Gasteiger partial charge on any atom is -0.0768 e. The maximum absolute atomic E-state index is 2.63. The third-order valence-corrected chi connectivity index (χ3v) is 21.0. The molecule has 0 bridgehead atoms. The molecule has 2 fully saturated rings. The summed E-state index contributed by atoms with van der Waals surface area (Å²) in [5.41, 5.74) is 4.47. The molecule has 2 rings (SSSR count). The molecular formula is C36H74B2Si. The van der Waals surface area contributed by atoms with Gasteiger partial charge in [-0.3, -0.25) is 0 Å². The zero-order valence-corrected chi connectivity index (χ0v) is 30.0. The second-order valence-corrected chi connectivity index (χ2v) is 19.4. The molecule has 0 aromatic heterocycles. The smallest absolute Gasteiger partial charge is 0.0768 e. The molecule has 8 atom stereocenters. The van der Waals surface area contributed by atoms with Crippen LogP contribution in [0.1, 0.15) is 159 Å². The maximum atomic E-state index is 2.63. The van der Waals surface area contributed by atoms with Crippen LogP contribution in [0.4, 0.5) is 0 Å². The molecule has 0 saturated carbocycles. The summed E-state index contributed by atoms with van der Waals surface area (Å²) in [7, 11) is -1.62. The van der Waals surface area contributed by atoms with Gasteiger partial charge in [-0.25, -0.2) is 0 Å². The fraction of sp³-hybridized carbons (Fsp3) is 1.00. The largest absolute Gasteiger partial charge is 0.142 e. The second kappa shape index (κ2) is 18.1. The highest BCUT2D eigenvalue weighted by molar-refractivity contribution is 6.90. The van der Waals surface area contributed by atoms with Crippen molar-refractivity contribution in [2.45, 2.75) is 218 Å². The molecule has 2 aliphatic heterocycles. The topological polar surface area (TPSA) is 0 Å². The van der Waals surface area contributed by atoms with Crippen molar-refractivity contribution in [1.29, 1.82) is 0 Å². The van der Waals surface area contributed by atoms with E-state index in [-0.39, 0.29) is 0 Å². The van der Waals surface area contributed by atoms with E-state index >= 15 is 0 Å². The van der Waals surface area contributed by atoms with E-state index in [1.165, 1.54) is 89.5 Å². The van der Waals surface area contributed by atoms with E-state index in [0.717, 1.165) is 59.1 Å². The Kier molecular flexibility index (Phi) is 16.5. The van der Waals surface area contributed by atoms with Gasteiger partial charge in [-0.15, -0.1) is 0 Å². The van der Waals surface area contributed by atoms with Crippen LogP contribution in [0, 0.1) is 11.8 Å². The van der Waals surface area contributed by atoms with Crippen LogP contribution in [0.5, 0.6) is 0 Å². The number of rotatable bonds is 20. The fourth-order valence-corrected chi connectivity index (χ4v) is 22.7. The van der Waals surface area contributed by atoms with Crippen LogP contribution in [0.25, 0.3) is 0 Å². The van der Waals surface area contributed by atoms with E-state index < -0.39 is 8.07 Å². The zero-order chi connectivity index (χ0) is 29.0. The lowest BCUT2D eigenvalue weighted by molar-refractivity contribution is 0.421. The van der Waals surface area contributed by atoms with Gasteiger partial charge in [-0.1, -0.05) is 196 Å². The molecule has 0 aromatic carbocycles. The number of unbranched alkanes of at least 4 members (excludes halogenated alkanes) is 4. The van der Waals surface area contributed by atoms with Gasteiger partial charge < -0.3 is 0 Å². The predicted molar refractivity (Wildman–Crippen MR) is 187 cm³/mol. The minimum absolute atomic E-state index is 0.971. The summed E-state index contributed by atoms with van der Waals surface area (Å²) in [6.07, 6.45) is 26.7. The first-order valence-electron chi connectivity index (χ1n) is 19.0. The van der Waals surface area contributed by atoms with Gasteiger partial charge in [0.2, 0.25) is 0 Å². The Bertz CT molecular complexity index is 576. The van der Waals surface area contributed by atoms with Crippen molar-refractivity contribution in [3.8, 4) is 0 Å². The van der Waals surface area contributed by atoms with E-state index in [4.69, 9.17) is 0 Å². The molecular weight excluding hydrogens is 482 g/mol. The summed E-state index contributed by atoms with van der Waals surface area (Å²) in [5.74, 6) is 4.13. The zero-order valence-electron chi connectivity index (χ0n) is 29.0. The molecule has 0 aromatic rings. The van der Waals surface area contributed by atoms with Crippen LogP contribution in [-0.2, 0) is 0 Å². The van der Waals surface area contributed by atoms with Gasteiger partial charge in [0, 0.05) is 0 Å². The highest BCUT2D eigenvalue weighted by Crippen LogP contribution is 2.79. The van der Waals surface area contributed by atoms with Crippen molar-refractivity contribution in [2.24, 2.45) is 11.8 Å². The molecule has 8 unspecified atom stereocenters. The number of hydrogen-bond donors (Lipinski definition) is 0. The van der Waals surface area contributed by atoms with Crippen LogP contribution in [0.15, 0.2) is 0 Å². The molecule has 3 heteroatoms. The third kappa shape index (κ3) is 7.12. The van der Waals surface area contributed by atoms with Crippen LogP contribution < -0.4 is 0 Å². The van der Waals surface area contributed by atoms with Crippen LogP contribution in [0.2, 0.25) is 59.1 Å². The van der Waals surface area contributed by atoms with Gasteiger partial charge in [0.15, 0.2) is 0 Å². The van der Waals surface area contributed by atoms with E-state index in [0.29, 0.717) is 0 Å². The molecule has 0 amide bonds. The van der Waals surface area contributed by atoms with Gasteiger partial charge in [0.25, 0.3) is 0 Å². The maximum Gasteiger partial charge on any atom is 0.142 e. The summed E-state index contributed by atoms with van der Waals surface area (Å²) in [4.78, 5) is 0. The summed E-state index contributed by atoms with van der Waals surface area (Å²) in [6, 6.07) is 0. The summed E-state index contributed by atoms with van der Waals surface area (Å²) < 4.78 is 0. The average Bonchev–Trinajstić information content (AvgIpc) is 3.38. The Balaban J connectivity index is 2.95. The van der Waals surface area contributed by atoms with Gasteiger partial charge in [-0.2, -0.15) is 0 Å². The molecule has 0 aliphatic carbocycles. The van der Waals surface area contributed by atoms with Crippen molar-refractivity contribution in [2.75, 3.05) is 0 Å². The Morgan fingerprint density at radius 3 is 0.923 bits per heavy atom. The molecule has 2 aliphatic rings. The lowest BCUT2D eigenvalue weighted by atomic mass is 9.34. The van der Waals surface area contributed by atoms with Crippen LogP contribution >= 0.6 is 0 Å². The van der Waals surface area contributed by atoms with E-state index in [1.54, 1.807) is 25.7 Å². The first kappa shape index (κ1) is 35.5. The average molecular weight is 557 g/mol. The molecule has 2 heterocycles. The van der Waals surface area contributed by atoms with Crippen molar-refractivity contribution in [1.82, 2.24) is 0 Å². The minimum atomic E-state index is -1.62. The molecule has 39 heavy (non-hydrogen) atoms. The van der Waals surface area contributed by atoms with Gasteiger partial charge >= 0.3 is 0 Å². The van der Waals surface area contributed by atoms with Crippen molar-refractivity contribution in [3.05, 3.63) is 0 Å². The van der Waals surface area contributed by atoms with Gasteiger partial charge in [0.1, 0.15) is 13.4 Å². The van der Waals surface area contributed by atoms with Crippen LogP contribution in [0.3, 0.4) is 0 Å². The quantitative estimate of drug-likeness (QED) is 0.131. The van der Waals surface area contributed by atoms with Crippen LogP contribution in [-0.4, -0.2) is 21.5 Å². The second-order valence-electron chi connectivity index (χ2n) is 14.4. The number of hydrogen-bond acceptors (Lipinski definition) is 0. The van der Waals surface area contributed by atoms with E-state index in [2.05, 4.69) is 69.2 Å².